The van der Waals surface area contributed by atoms with Gasteiger partial charge in [0.1, 0.15) is 5.15 Å². The maximum atomic E-state index is 11.9. The summed E-state index contributed by atoms with van der Waals surface area (Å²) in [5, 5.41) is 8.94. The van der Waals surface area contributed by atoms with Gasteiger partial charge >= 0.3 is 0 Å². The van der Waals surface area contributed by atoms with Crippen molar-refractivity contribution in [1.82, 2.24) is 4.98 Å². The van der Waals surface area contributed by atoms with Crippen molar-refractivity contribution < 1.29 is 13.9 Å². The third kappa shape index (κ3) is 2.12. The Bertz CT molecular complexity index is 269. The Labute approximate surface area is 72.8 Å². The van der Waals surface area contributed by atoms with Gasteiger partial charge in [-0.25, -0.2) is 13.8 Å². The quantitative estimate of drug-likeness (QED) is 0.730. The lowest BCUT2D eigenvalue weighted by Crippen LogP contribution is -2.09. The van der Waals surface area contributed by atoms with Gasteiger partial charge in [-0.1, -0.05) is 17.7 Å². The predicted molar refractivity (Wildman–Crippen MR) is 40.2 cm³/mol. The van der Waals surface area contributed by atoms with Crippen LogP contribution in [-0.2, 0) is 0 Å². The second-order valence-electron chi connectivity index (χ2n) is 2.16. The largest absolute Gasteiger partial charge is 0.381 e. The Morgan fingerprint density at radius 1 is 1.42 bits per heavy atom. The SMILES string of the molecule is OC(c1cccc(Cl)n1)C(F)F. The van der Waals surface area contributed by atoms with Crippen molar-refractivity contribution in [3.8, 4) is 0 Å². The molecule has 0 bridgehead atoms. The first kappa shape index (κ1) is 9.35. The van der Waals surface area contributed by atoms with Crippen LogP contribution >= 0.6 is 11.6 Å². The van der Waals surface area contributed by atoms with Crippen molar-refractivity contribution in [2.45, 2.75) is 12.5 Å². The molecule has 5 heteroatoms. The number of rotatable bonds is 2. The van der Waals surface area contributed by atoms with Crippen molar-refractivity contribution in [2.75, 3.05) is 0 Å². The minimum Gasteiger partial charge on any atom is -0.381 e. The molecule has 0 aromatic carbocycles. The second kappa shape index (κ2) is 3.78. The highest BCUT2D eigenvalue weighted by Crippen LogP contribution is 2.19. The van der Waals surface area contributed by atoms with Gasteiger partial charge in [0.05, 0.1) is 5.69 Å². The number of aromatic nitrogens is 1. The lowest BCUT2D eigenvalue weighted by molar-refractivity contribution is -0.00819. The van der Waals surface area contributed by atoms with E-state index in [2.05, 4.69) is 4.98 Å². The first-order valence-electron chi connectivity index (χ1n) is 3.20. The summed E-state index contributed by atoms with van der Waals surface area (Å²) >= 11 is 5.43. The molecule has 0 aliphatic rings. The molecule has 0 aliphatic heterocycles. The maximum absolute atomic E-state index is 11.9. The van der Waals surface area contributed by atoms with Gasteiger partial charge in [-0.15, -0.1) is 0 Å². The molecule has 66 valence electrons. The number of nitrogens with zero attached hydrogens (tertiary/aromatic N) is 1. The van der Waals surface area contributed by atoms with Crippen LogP contribution in [0.25, 0.3) is 0 Å². The van der Waals surface area contributed by atoms with Crippen molar-refractivity contribution in [2.24, 2.45) is 0 Å². The predicted octanol–water partition coefficient (Wildman–Crippen LogP) is 2.03. The average Bonchev–Trinajstić information content (AvgIpc) is 2.03. The van der Waals surface area contributed by atoms with Crippen LogP contribution in [-0.4, -0.2) is 16.5 Å². The average molecular weight is 194 g/mol. The third-order valence-corrected chi connectivity index (χ3v) is 1.49. The van der Waals surface area contributed by atoms with E-state index in [9.17, 15) is 8.78 Å². The second-order valence-corrected chi connectivity index (χ2v) is 2.55. The van der Waals surface area contributed by atoms with Gasteiger partial charge in [-0.05, 0) is 12.1 Å². The van der Waals surface area contributed by atoms with Crippen LogP contribution in [0.15, 0.2) is 18.2 Å². The molecule has 12 heavy (non-hydrogen) atoms. The fraction of sp³-hybridized carbons (Fsp3) is 0.286. The fourth-order valence-corrected chi connectivity index (χ4v) is 0.888. The van der Waals surface area contributed by atoms with Crippen LogP contribution in [0, 0.1) is 0 Å². The maximum Gasteiger partial charge on any atom is 0.269 e. The summed E-state index contributed by atoms with van der Waals surface area (Å²) in [5.74, 6) is 0. The summed E-state index contributed by atoms with van der Waals surface area (Å²) < 4.78 is 23.8. The van der Waals surface area contributed by atoms with Gasteiger partial charge < -0.3 is 5.11 Å². The van der Waals surface area contributed by atoms with Gasteiger partial charge in [0.25, 0.3) is 6.43 Å². The summed E-state index contributed by atoms with van der Waals surface area (Å²) in [6, 6.07) is 4.20. The zero-order valence-corrected chi connectivity index (χ0v) is 6.67. The number of aliphatic hydroxyl groups excluding tert-OH is 1. The Hall–Kier alpha value is -0.740. The molecular formula is C7H6ClF2NO. The minimum atomic E-state index is -2.84. The Morgan fingerprint density at radius 2 is 2.08 bits per heavy atom. The van der Waals surface area contributed by atoms with Crippen LogP contribution in [0.2, 0.25) is 5.15 Å². The highest BCUT2D eigenvalue weighted by atomic mass is 35.5. The van der Waals surface area contributed by atoms with Gasteiger partial charge in [-0.2, -0.15) is 0 Å². The number of pyridine rings is 1. The Morgan fingerprint density at radius 3 is 2.58 bits per heavy atom. The number of halogens is 3. The molecule has 0 aliphatic carbocycles. The fourth-order valence-electron chi connectivity index (χ4n) is 0.718. The molecule has 0 amide bonds. The third-order valence-electron chi connectivity index (χ3n) is 1.28. The van der Waals surface area contributed by atoms with Crippen molar-refractivity contribution in [3.63, 3.8) is 0 Å². The first-order valence-corrected chi connectivity index (χ1v) is 3.57. The number of hydrogen-bond donors (Lipinski definition) is 1. The molecule has 1 N–H and O–H groups in total. The van der Waals surface area contributed by atoms with E-state index in [1.807, 2.05) is 0 Å². The topological polar surface area (TPSA) is 33.1 Å². The molecule has 2 nitrogen and oxygen atoms in total. The number of aliphatic hydroxyl groups is 1. The molecule has 0 saturated carbocycles. The molecule has 1 aromatic heterocycles. The van der Waals surface area contributed by atoms with Crippen LogP contribution in [0.3, 0.4) is 0 Å². The van der Waals surface area contributed by atoms with E-state index in [0.717, 1.165) is 0 Å². The van der Waals surface area contributed by atoms with E-state index >= 15 is 0 Å². The van der Waals surface area contributed by atoms with Gasteiger partial charge in [0.2, 0.25) is 0 Å². The standard InChI is InChI=1S/C7H6ClF2NO/c8-5-3-1-2-4(11-5)6(12)7(9)10/h1-3,6-7,12H. The molecule has 0 radical (unpaired) electrons. The molecule has 0 spiro atoms. The molecule has 0 fully saturated rings. The minimum absolute atomic E-state index is 0.0900. The van der Waals surface area contributed by atoms with Crippen molar-refractivity contribution in [1.29, 1.82) is 0 Å². The normalized spacial score (nSPS) is 13.4. The summed E-state index contributed by atoms with van der Waals surface area (Å²) in [6.07, 6.45) is -4.69. The van der Waals surface area contributed by atoms with Gasteiger partial charge in [0, 0.05) is 0 Å². The van der Waals surface area contributed by atoms with Crippen LogP contribution in [0.4, 0.5) is 8.78 Å². The zero-order chi connectivity index (χ0) is 9.14. The highest BCUT2D eigenvalue weighted by Gasteiger charge is 2.20. The number of alkyl halides is 2. The molecular weight excluding hydrogens is 188 g/mol. The molecule has 1 aromatic rings. The highest BCUT2D eigenvalue weighted by molar-refractivity contribution is 6.29. The Balaban J connectivity index is 2.88. The van der Waals surface area contributed by atoms with E-state index < -0.39 is 12.5 Å². The van der Waals surface area contributed by atoms with Crippen LogP contribution < -0.4 is 0 Å². The van der Waals surface area contributed by atoms with Crippen LogP contribution in [0.5, 0.6) is 0 Å². The monoisotopic (exact) mass is 193 g/mol. The van der Waals surface area contributed by atoms with Crippen LogP contribution in [0.1, 0.15) is 11.8 Å². The van der Waals surface area contributed by atoms with E-state index in [-0.39, 0.29) is 10.8 Å². The summed E-state index contributed by atoms with van der Waals surface area (Å²) in [6.45, 7) is 0. The van der Waals surface area contributed by atoms with Crippen molar-refractivity contribution in [3.05, 3.63) is 29.0 Å². The summed E-state index contributed by atoms with van der Waals surface area (Å²) in [5.41, 5.74) is -0.113. The van der Waals surface area contributed by atoms with E-state index in [0.29, 0.717) is 0 Å². The zero-order valence-electron chi connectivity index (χ0n) is 5.92. The lowest BCUT2D eigenvalue weighted by atomic mass is 10.2. The summed E-state index contributed by atoms with van der Waals surface area (Å²) in [7, 11) is 0. The number of hydrogen-bond acceptors (Lipinski definition) is 2. The lowest BCUT2D eigenvalue weighted by Gasteiger charge is -2.07. The van der Waals surface area contributed by atoms with Crippen molar-refractivity contribution >= 4 is 11.6 Å². The molecule has 1 heterocycles. The van der Waals surface area contributed by atoms with E-state index in [1.54, 1.807) is 0 Å². The van der Waals surface area contributed by atoms with Gasteiger partial charge in [0.15, 0.2) is 6.10 Å². The Kier molecular flexibility index (Phi) is 2.94. The smallest absolute Gasteiger partial charge is 0.269 e. The molecule has 1 unspecified atom stereocenters. The molecule has 1 atom stereocenters. The molecule has 0 saturated heterocycles. The molecule has 1 rings (SSSR count). The summed E-state index contributed by atoms with van der Waals surface area (Å²) in [4.78, 5) is 3.53. The van der Waals surface area contributed by atoms with Gasteiger partial charge in [-0.3, -0.25) is 0 Å². The van der Waals surface area contributed by atoms with E-state index in [4.69, 9.17) is 16.7 Å². The van der Waals surface area contributed by atoms with E-state index in [1.165, 1.54) is 18.2 Å². The first-order chi connectivity index (χ1) is 5.61.